The third-order valence-electron chi connectivity index (χ3n) is 4.76. The van der Waals surface area contributed by atoms with Crippen molar-refractivity contribution in [3.8, 4) is 11.3 Å². The van der Waals surface area contributed by atoms with Crippen LogP contribution in [-0.4, -0.2) is 36.7 Å². The first-order valence-electron chi connectivity index (χ1n) is 9.17. The molecule has 0 atom stereocenters. The van der Waals surface area contributed by atoms with Crippen molar-refractivity contribution in [1.29, 1.82) is 0 Å². The topological polar surface area (TPSA) is 79.4 Å². The number of rotatable bonds is 5. The summed E-state index contributed by atoms with van der Waals surface area (Å²) < 4.78 is 53.0. The van der Waals surface area contributed by atoms with Crippen LogP contribution < -0.4 is 5.32 Å². The number of hydrogen-bond acceptors (Lipinski definition) is 5. The number of sulfonamides is 1. The van der Waals surface area contributed by atoms with E-state index >= 15 is 0 Å². The lowest BCUT2D eigenvalue weighted by atomic mass is 10.2. The van der Waals surface area contributed by atoms with Gasteiger partial charge in [-0.3, -0.25) is 10.1 Å². The molecule has 0 unspecified atom stereocenters. The van der Waals surface area contributed by atoms with Crippen LogP contribution in [0.2, 0.25) is 0 Å². The van der Waals surface area contributed by atoms with Gasteiger partial charge in [-0.1, -0.05) is 0 Å². The van der Waals surface area contributed by atoms with Gasteiger partial charge in [0.05, 0.1) is 10.6 Å². The summed E-state index contributed by atoms with van der Waals surface area (Å²) in [6.07, 6.45) is 1.69. The molecule has 0 bridgehead atoms. The van der Waals surface area contributed by atoms with E-state index in [2.05, 4.69) is 10.3 Å². The first-order chi connectivity index (χ1) is 14.3. The standard InChI is InChI=1S/C20H17F2N3O3S2/c21-16-8-5-14(11-17(16)22)18-12-29-20(23-18)24-19(26)13-3-6-15(7-4-13)30(27,28)25-9-1-2-10-25/h3-8,11-12H,1-2,9-10H2,(H,23,24,26). The number of benzene rings is 2. The highest BCUT2D eigenvalue weighted by Crippen LogP contribution is 2.27. The second kappa shape index (κ2) is 8.21. The van der Waals surface area contributed by atoms with Crippen molar-refractivity contribution in [1.82, 2.24) is 9.29 Å². The van der Waals surface area contributed by atoms with E-state index in [9.17, 15) is 22.0 Å². The van der Waals surface area contributed by atoms with E-state index in [0.29, 0.717) is 24.3 Å². The molecular weight excluding hydrogens is 432 g/mol. The van der Waals surface area contributed by atoms with Gasteiger partial charge in [-0.2, -0.15) is 4.31 Å². The maximum absolute atomic E-state index is 13.4. The van der Waals surface area contributed by atoms with E-state index in [0.717, 1.165) is 36.3 Å². The predicted molar refractivity (Wildman–Crippen MR) is 110 cm³/mol. The number of carbonyl (C=O) groups is 1. The maximum Gasteiger partial charge on any atom is 0.257 e. The summed E-state index contributed by atoms with van der Waals surface area (Å²) in [5.74, 6) is -2.38. The zero-order chi connectivity index (χ0) is 21.3. The molecule has 1 aromatic heterocycles. The van der Waals surface area contributed by atoms with Crippen LogP contribution in [0.15, 0.2) is 52.7 Å². The Balaban J connectivity index is 1.46. The maximum atomic E-state index is 13.4. The van der Waals surface area contributed by atoms with Crippen LogP contribution in [0.1, 0.15) is 23.2 Å². The molecule has 1 aliphatic rings. The van der Waals surface area contributed by atoms with Crippen molar-refractivity contribution in [3.63, 3.8) is 0 Å². The molecule has 6 nitrogen and oxygen atoms in total. The molecule has 2 heterocycles. The Hall–Kier alpha value is -2.69. The smallest absolute Gasteiger partial charge is 0.257 e. The molecule has 3 aromatic rings. The molecule has 2 aromatic carbocycles. The molecule has 1 aliphatic heterocycles. The third kappa shape index (κ3) is 4.11. The molecular formula is C20H17F2N3O3S2. The largest absolute Gasteiger partial charge is 0.298 e. The highest BCUT2D eigenvalue weighted by molar-refractivity contribution is 7.89. The first kappa shape index (κ1) is 20.6. The zero-order valence-corrected chi connectivity index (χ0v) is 17.3. The van der Waals surface area contributed by atoms with Crippen LogP contribution >= 0.6 is 11.3 Å². The van der Waals surface area contributed by atoms with Gasteiger partial charge in [0, 0.05) is 29.6 Å². The number of hydrogen-bond donors (Lipinski definition) is 1. The monoisotopic (exact) mass is 449 g/mol. The molecule has 1 N–H and O–H groups in total. The minimum atomic E-state index is -3.54. The second-order valence-corrected chi connectivity index (χ2v) is 9.55. The van der Waals surface area contributed by atoms with Gasteiger partial charge in [0.25, 0.3) is 5.91 Å². The molecule has 30 heavy (non-hydrogen) atoms. The Morgan fingerprint density at radius 3 is 2.40 bits per heavy atom. The third-order valence-corrected chi connectivity index (χ3v) is 7.43. The lowest BCUT2D eigenvalue weighted by molar-refractivity contribution is 0.102. The van der Waals surface area contributed by atoms with Gasteiger partial charge in [-0.05, 0) is 55.3 Å². The number of thiazole rings is 1. The summed E-state index contributed by atoms with van der Waals surface area (Å²) in [7, 11) is -3.54. The van der Waals surface area contributed by atoms with E-state index in [1.165, 1.54) is 34.6 Å². The quantitative estimate of drug-likeness (QED) is 0.635. The number of anilines is 1. The number of amides is 1. The van der Waals surface area contributed by atoms with Crippen molar-refractivity contribution in [2.24, 2.45) is 0 Å². The minimum Gasteiger partial charge on any atom is -0.298 e. The van der Waals surface area contributed by atoms with Gasteiger partial charge in [-0.25, -0.2) is 22.2 Å². The second-order valence-electron chi connectivity index (χ2n) is 6.76. The van der Waals surface area contributed by atoms with E-state index < -0.39 is 27.6 Å². The molecule has 10 heteroatoms. The average Bonchev–Trinajstić information content (AvgIpc) is 3.43. The van der Waals surface area contributed by atoms with Crippen LogP contribution in [0.3, 0.4) is 0 Å². The Morgan fingerprint density at radius 2 is 1.73 bits per heavy atom. The highest BCUT2D eigenvalue weighted by Gasteiger charge is 2.27. The van der Waals surface area contributed by atoms with Crippen LogP contribution in [0.25, 0.3) is 11.3 Å². The summed E-state index contributed by atoms with van der Waals surface area (Å²) in [6.45, 7) is 1.02. The van der Waals surface area contributed by atoms with Crippen LogP contribution in [0, 0.1) is 11.6 Å². The van der Waals surface area contributed by atoms with E-state index in [1.54, 1.807) is 5.38 Å². The summed E-state index contributed by atoms with van der Waals surface area (Å²) >= 11 is 1.14. The molecule has 4 rings (SSSR count). The zero-order valence-electron chi connectivity index (χ0n) is 15.6. The van der Waals surface area contributed by atoms with E-state index in [4.69, 9.17) is 0 Å². The predicted octanol–water partition coefficient (Wildman–Crippen LogP) is 4.13. The van der Waals surface area contributed by atoms with Crippen LogP contribution in [0.4, 0.5) is 13.9 Å². The Bertz CT molecular complexity index is 1190. The van der Waals surface area contributed by atoms with Crippen LogP contribution in [0.5, 0.6) is 0 Å². The summed E-state index contributed by atoms with van der Waals surface area (Å²) in [4.78, 5) is 16.8. The number of carbonyl (C=O) groups excluding carboxylic acids is 1. The summed E-state index contributed by atoms with van der Waals surface area (Å²) in [5.41, 5.74) is 1.07. The fourth-order valence-corrected chi connectivity index (χ4v) is 5.38. The lowest BCUT2D eigenvalue weighted by Crippen LogP contribution is -2.27. The Kier molecular flexibility index (Phi) is 5.63. The highest BCUT2D eigenvalue weighted by atomic mass is 32.2. The van der Waals surface area contributed by atoms with Crippen molar-refractivity contribution >= 4 is 32.4 Å². The Labute approximate surface area is 176 Å². The summed E-state index contributed by atoms with van der Waals surface area (Å²) in [6, 6.07) is 9.17. The van der Waals surface area contributed by atoms with Gasteiger partial charge in [-0.15, -0.1) is 11.3 Å². The van der Waals surface area contributed by atoms with Gasteiger partial charge in [0.1, 0.15) is 0 Å². The normalized spacial score (nSPS) is 14.7. The number of nitrogens with zero attached hydrogens (tertiary/aromatic N) is 2. The van der Waals surface area contributed by atoms with Crippen molar-refractivity contribution < 1.29 is 22.0 Å². The minimum absolute atomic E-state index is 0.149. The van der Waals surface area contributed by atoms with Gasteiger partial charge >= 0.3 is 0 Å². The molecule has 1 saturated heterocycles. The molecule has 156 valence electrons. The fourth-order valence-electron chi connectivity index (χ4n) is 3.14. The van der Waals surface area contributed by atoms with Gasteiger partial charge < -0.3 is 0 Å². The Morgan fingerprint density at radius 1 is 1.03 bits per heavy atom. The molecule has 0 radical (unpaired) electrons. The first-order valence-corrected chi connectivity index (χ1v) is 11.5. The number of aromatic nitrogens is 1. The van der Waals surface area contributed by atoms with Gasteiger partial charge in [0.15, 0.2) is 16.8 Å². The lowest BCUT2D eigenvalue weighted by Gasteiger charge is -2.15. The fraction of sp³-hybridized carbons (Fsp3) is 0.200. The molecule has 0 spiro atoms. The van der Waals surface area contributed by atoms with Gasteiger partial charge in [0.2, 0.25) is 10.0 Å². The van der Waals surface area contributed by atoms with Crippen LogP contribution in [-0.2, 0) is 10.0 Å². The number of nitrogens with one attached hydrogen (secondary N) is 1. The summed E-state index contributed by atoms with van der Waals surface area (Å²) in [5, 5.41) is 4.53. The van der Waals surface area contributed by atoms with Crippen molar-refractivity contribution in [2.45, 2.75) is 17.7 Å². The molecule has 0 saturated carbocycles. The average molecular weight is 450 g/mol. The molecule has 0 aliphatic carbocycles. The number of halogens is 2. The van der Waals surface area contributed by atoms with E-state index in [-0.39, 0.29) is 15.6 Å². The molecule has 1 fully saturated rings. The van der Waals surface area contributed by atoms with Crippen molar-refractivity contribution in [2.75, 3.05) is 18.4 Å². The van der Waals surface area contributed by atoms with E-state index in [1.807, 2.05) is 0 Å². The SMILES string of the molecule is O=C(Nc1nc(-c2ccc(F)c(F)c2)cs1)c1ccc(S(=O)(=O)N2CCCC2)cc1. The molecule has 1 amide bonds. The van der Waals surface area contributed by atoms with Crippen molar-refractivity contribution in [3.05, 3.63) is 65.0 Å².